The van der Waals surface area contributed by atoms with Crippen LogP contribution in [-0.4, -0.2) is 11.6 Å². The van der Waals surface area contributed by atoms with E-state index in [1.54, 1.807) is 0 Å². The zero-order chi connectivity index (χ0) is 14.6. The Morgan fingerprint density at radius 1 is 0.722 bits per heavy atom. The van der Waals surface area contributed by atoms with Gasteiger partial charge in [0.15, 0.2) is 0 Å². The van der Waals surface area contributed by atoms with Crippen LogP contribution < -0.4 is 0 Å². The molecule has 0 aliphatic rings. The first-order chi connectivity index (χ1) is 8.33. The van der Waals surface area contributed by atoms with Crippen LogP contribution in [0.1, 0.15) is 80.1 Å². The second kappa shape index (κ2) is 12.8. The third-order valence-electron chi connectivity index (χ3n) is 2.79. The molecule has 0 aliphatic heterocycles. The van der Waals surface area contributed by atoms with Crippen LogP contribution in [0.4, 0.5) is 0 Å². The second-order valence-corrected chi connectivity index (χ2v) is 5.65. The summed E-state index contributed by atoms with van der Waals surface area (Å²) in [6, 6.07) is 0. The fraction of sp³-hybridized carbons (Fsp3) is 0.875. The standard InChI is InChI=1S/2C8H16O/c2*1-4-8(9)6-5-7(2)3/h2*7H,4-6H2,1-3H3. The predicted molar refractivity (Wildman–Crippen MR) is 78.7 cm³/mol. The molecule has 0 radical (unpaired) electrons. The van der Waals surface area contributed by atoms with Gasteiger partial charge >= 0.3 is 0 Å². The zero-order valence-corrected chi connectivity index (χ0v) is 13.2. The van der Waals surface area contributed by atoms with Gasteiger partial charge < -0.3 is 0 Å². The van der Waals surface area contributed by atoms with Gasteiger partial charge in [-0.25, -0.2) is 0 Å². The van der Waals surface area contributed by atoms with Crippen molar-refractivity contribution in [1.82, 2.24) is 0 Å². The molecule has 0 saturated carbocycles. The number of hydrogen-bond donors (Lipinski definition) is 0. The molecule has 0 atom stereocenters. The average molecular weight is 256 g/mol. The van der Waals surface area contributed by atoms with Gasteiger partial charge in [0.25, 0.3) is 0 Å². The van der Waals surface area contributed by atoms with Gasteiger partial charge in [0.2, 0.25) is 0 Å². The smallest absolute Gasteiger partial charge is 0.132 e. The molecule has 0 fully saturated rings. The van der Waals surface area contributed by atoms with Crippen molar-refractivity contribution in [3.63, 3.8) is 0 Å². The summed E-state index contributed by atoms with van der Waals surface area (Å²) in [5.74, 6) is 2.12. The summed E-state index contributed by atoms with van der Waals surface area (Å²) in [7, 11) is 0. The van der Waals surface area contributed by atoms with Crippen LogP contribution in [0, 0.1) is 11.8 Å². The zero-order valence-electron chi connectivity index (χ0n) is 13.2. The lowest BCUT2D eigenvalue weighted by molar-refractivity contribution is -0.119. The summed E-state index contributed by atoms with van der Waals surface area (Å²) in [6.07, 6.45) is 5.04. The lowest BCUT2D eigenvalue weighted by atomic mass is 10.1. The maximum absolute atomic E-state index is 10.7. The second-order valence-electron chi connectivity index (χ2n) is 5.65. The number of rotatable bonds is 8. The lowest BCUT2D eigenvalue weighted by Gasteiger charge is -2.00. The normalized spacial score (nSPS) is 10.2. The van der Waals surface area contributed by atoms with Crippen molar-refractivity contribution in [2.75, 3.05) is 0 Å². The van der Waals surface area contributed by atoms with E-state index >= 15 is 0 Å². The molecule has 0 amide bonds. The third kappa shape index (κ3) is 17.7. The summed E-state index contributed by atoms with van der Waals surface area (Å²) >= 11 is 0. The van der Waals surface area contributed by atoms with E-state index < -0.39 is 0 Å². The molecule has 108 valence electrons. The minimum absolute atomic E-state index is 0.392. The van der Waals surface area contributed by atoms with Crippen LogP contribution in [0.2, 0.25) is 0 Å². The summed E-state index contributed by atoms with van der Waals surface area (Å²) in [6.45, 7) is 12.4. The minimum atomic E-state index is 0.392. The monoisotopic (exact) mass is 256 g/mol. The highest BCUT2D eigenvalue weighted by Gasteiger charge is 1.99. The largest absolute Gasteiger partial charge is 0.300 e. The Morgan fingerprint density at radius 3 is 1.17 bits per heavy atom. The van der Waals surface area contributed by atoms with E-state index in [4.69, 9.17) is 0 Å². The van der Waals surface area contributed by atoms with E-state index in [1.165, 1.54) is 0 Å². The fourth-order valence-electron chi connectivity index (χ4n) is 1.25. The highest BCUT2D eigenvalue weighted by atomic mass is 16.1. The average Bonchev–Trinajstić information content (AvgIpc) is 2.33. The predicted octanol–water partition coefficient (Wildman–Crippen LogP) is 4.80. The molecular formula is C16H32O2. The Kier molecular flexibility index (Phi) is 14.0. The molecule has 0 aromatic carbocycles. The molecule has 0 aliphatic carbocycles. The van der Waals surface area contributed by atoms with Crippen LogP contribution >= 0.6 is 0 Å². The number of Topliss-reactive ketones (excluding diaryl/α,β-unsaturated/α-hetero) is 2. The van der Waals surface area contributed by atoms with Crippen LogP contribution in [0.25, 0.3) is 0 Å². The molecule has 0 spiro atoms. The van der Waals surface area contributed by atoms with Crippen molar-refractivity contribution in [2.45, 2.75) is 80.1 Å². The van der Waals surface area contributed by atoms with Crippen molar-refractivity contribution in [2.24, 2.45) is 11.8 Å². The van der Waals surface area contributed by atoms with E-state index in [0.29, 0.717) is 36.2 Å². The van der Waals surface area contributed by atoms with E-state index in [2.05, 4.69) is 27.7 Å². The Hall–Kier alpha value is -0.660. The Bertz CT molecular complexity index is 193. The molecule has 18 heavy (non-hydrogen) atoms. The van der Waals surface area contributed by atoms with Crippen molar-refractivity contribution in [3.05, 3.63) is 0 Å². The van der Waals surface area contributed by atoms with Gasteiger partial charge in [-0.1, -0.05) is 41.5 Å². The van der Waals surface area contributed by atoms with Crippen molar-refractivity contribution in [1.29, 1.82) is 0 Å². The lowest BCUT2D eigenvalue weighted by Crippen LogP contribution is -1.97. The maximum Gasteiger partial charge on any atom is 0.132 e. The van der Waals surface area contributed by atoms with Crippen molar-refractivity contribution >= 4 is 11.6 Å². The summed E-state index contributed by atoms with van der Waals surface area (Å²) in [5.41, 5.74) is 0. The molecule has 0 rings (SSSR count). The maximum atomic E-state index is 10.7. The van der Waals surface area contributed by atoms with E-state index in [0.717, 1.165) is 25.7 Å². The summed E-state index contributed by atoms with van der Waals surface area (Å²) in [4.78, 5) is 21.4. The SMILES string of the molecule is CCC(=O)CCC(C)C.CCC(=O)CCC(C)C. The summed E-state index contributed by atoms with van der Waals surface area (Å²) < 4.78 is 0. The van der Waals surface area contributed by atoms with Crippen molar-refractivity contribution < 1.29 is 9.59 Å². The number of hydrogen-bond acceptors (Lipinski definition) is 2. The topological polar surface area (TPSA) is 34.1 Å². The highest BCUT2D eigenvalue weighted by molar-refractivity contribution is 5.78. The molecular weight excluding hydrogens is 224 g/mol. The summed E-state index contributed by atoms with van der Waals surface area (Å²) in [5, 5.41) is 0. The first-order valence-corrected chi connectivity index (χ1v) is 7.36. The molecule has 0 aromatic heterocycles. The minimum Gasteiger partial charge on any atom is -0.300 e. The molecule has 0 unspecified atom stereocenters. The molecule has 0 heterocycles. The van der Waals surface area contributed by atoms with E-state index in [9.17, 15) is 9.59 Å². The van der Waals surface area contributed by atoms with E-state index in [-0.39, 0.29) is 0 Å². The number of ketones is 2. The number of carbonyl (C=O) groups excluding carboxylic acids is 2. The number of carbonyl (C=O) groups is 2. The van der Waals surface area contributed by atoms with E-state index in [1.807, 2.05) is 13.8 Å². The van der Waals surface area contributed by atoms with Crippen LogP contribution in [0.15, 0.2) is 0 Å². The van der Waals surface area contributed by atoms with Crippen LogP contribution in [0.3, 0.4) is 0 Å². The fourth-order valence-corrected chi connectivity index (χ4v) is 1.25. The first kappa shape index (κ1) is 19.7. The quantitative estimate of drug-likeness (QED) is 0.625. The van der Waals surface area contributed by atoms with Gasteiger partial charge in [-0.3, -0.25) is 9.59 Å². The van der Waals surface area contributed by atoms with Gasteiger partial charge in [-0.15, -0.1) is 0 Å². The highest BCUT2D eigenvalue weighted by Crippen LogP contribution is 2.05. The molecule has 2 heteroatoms. The first-order valence-electron chi connectivity index (χ1n) is 7.36. The van der Waals surface area contributed by atoms with Gasteiger partial charge in [0.05, 0.1) is 0 Å². The molecule has 0 saturated heterocycles. The Labute approximate surface area is 114 Å². The van der Waals surface area contributed by atoms with Gasteiger partial charge in [0, 0.05) is 25.7 Å². The molecule has 2 nitrogen and oxygen atoms in total. The van der Waals surface area contributed by atoms with Crippen LogP contribution in [-0.2, 0) is 9.59 Å². The molecule has 0 bridgehead atoms. The molecule has 0 aromatic rings. The van der Waals surface area contributed by atoms with Crippen LogP contribution in [0.5, 0.6) is 0 Å². The van der Waals surface area contributed by atoms with Gasteiger partial charge in [-0.05, 0) is 24.7 Å². The Morgan fingerprint density at radius 2 is 1.00 bits per heavy atom. The van der Waals surface area contributed by atoms with Gasteiger partial charge in [0.1, 0.15) is 11.6 Å². The molecule has 0 N–H and O–H groups in total. The van der Waals surface area contributed by atoms with Crippen molar-refractivity contribution in [3.8, 4) is 0 Å². The van der Waals surface area contributed by atoms with Gasteiger partial charge in [-0.2, -0.15) is 0 Å². The Balaban J connectivity index is 0. The third-order valence-corrected chi connectivity index (χ3v) is 2.79.